The van der Waals surface area contributed by atoms with Crippen molar-refractivity contribution in [1.82, 2.24) is 0 Å². The predicted molar refractivity (Wildman–Crippen MR) is 54.3 cm³/mol. The summed E-state index contributed by atoms with van der Waals surface area (Å²) in [4.78, 5) is 11.4. The Morgan fingerprint density at radius 2 is 2.27 bits per heavy atom. The van der Waals surface area contributed by atoms with E-state index in [0.29, 0.717) is 12.0 Å². The minimum absolute atomic E-state index is 0.194. The van der Waals surface area contributed by atoms with E-state index >= 15 is 0 Å². The number of fused-ring (bicyclic) bond motifs is 1. The first-order valence-electron chi connectivity index (χ1n) is 4.96. The summed E-state index contributed by atoms with van der Waals surface area (Å²) in [5.74, 6) is -0.785. The second-order valence-electron chi connectivity index (χ2n) is 3.89. The SMILES string of the molecule is COC(=O)C1(F)CCc2c(C)cccc21. The van der Waals surface area contributed by atoms with Gasteiger partial charge in [0.1, 0.15) is 0 Å². The van der Waals surface area contributed by atoms with Gasteiger partial charge in [0, 0.05) is 12.0 Å². The quantitative estimate of drug-likeness (QED) is 0.662. The zero-order valence-electron chi connectivity index (χ0n) is 8.84. The Morgan fingerprint density at radius 3 is 2.93 bits per heavy atom. The number of esters is 1. The fraction of sp³-hybridized carbons (Fsp3) is 0.417. The van der Waals surface area contributed by atoms with Gasteiger partial charge < -0.3 is 4.74 Å². The molecule has 2 rings (SSSR count). The first-order chi connectivity index (χ1) is 7.09. The van der Waals surface area contributed by atoms with Crippen molar-refractivity contribution in [1.29, 1.82) is 0 Å². The van der Waals surface area contributed by atoms with Gasteiger partial charge in [-0.15, -0.1) is 0 Å². The number of ether oxygens (including phenoxy) is 1. The molecule has 15 heavy (non-hydrogen) atoms. The lowest BCUT2D eigenvalue weighted by Crippen LogP contribution is -2.29. The molecular formula is C12H13FO2. The summed E-state index contributed by atoms with van der Waals surface area (Å²) >= 11 is 0. The van der Waals surface area contributed by atoms with Crippen molar-refractivity contribution in [3.8, 4) is 0 Å². The van der Waals surface area contributed by atoms with Crippen LogP contribution in [0.4, 0.5) is 4.39 Å². The molecule has 0 spiro atoms. The third-order valence-corrected chi connectivity index (χ3v) is 3.07. The van der Waals surface area contributed by atoms with Crippen LogP contribution in [0.25, 0.3) is 0 Å². The third kappa shape index (κ3) is 1.34. The molecule has 0 fully saturated rings. The summed E-state index contributed by atoms with van der Waals surface area (Å²) < 4.78 is 18.9. The van der Waals surface area contributed by atoms with Gasteiger partial charge in [-0.1, -0.05) is 18.2 Å². The maximum Gasteiger partial charge on any atom is 0.348 e. The van der Waals surface area contributed by atoms with Gasteiger partial charge in [0.25, 0.3) is 0 Å². The summed E-state index contributed by atoms with van der Waals surface area (Å²) in [5, 5.41) is 0. The first-order valence-corrected chi connectivity index (χ1v) is 4.96. The Bertz CT molecular complexity index is 414. The molecule has 0 aliphatic heterocycles. The van der Waals surface area contributed by atoms with Crippen LogP contribution in [-0.2, 0) is 21.6 Å². The van der Waals surface area contributed by atoms with E-state index in [4.69, 9.17) is 0 Å². The minimum Gasteiger partial charge on any atom is -0.466 e. The molecule has 1 unspecified atom stereocenters. The molecule has 1 aliphatic rings. The molecule has 0 saturated heterocycles. The molecule has 1 aromatic carbocycles. The van der Waals surface area contributed by atoms with E-state index < -0.39 is 11.6 Å². The third-order valence-electron chi connectivity index (χ3n) is 3.07. The van der Waals surface area contributed by atoms with E-state index in [2.05, 4.69) is 4.74 Å². The number of aryl methyl sites for hydroxylation is 1. The highest BCUT2D eigenvalue weighted by atomic mass is 19.1. The summed E-state index contributed by atoms with van der Waals surface area (Å²) in [6.45, 7) is 1.93. The van der Waals surface area contributed by atoms with Crippen LogP contribution in [0.15, 0.2) is 18.2 Å². The van der Waals surface area contributed by atoms with Crippen molar-refractivity contribution >= 4 is 5.97 Å². The van der Waals surface area contributed by atoms with Gasteiger partial charge in [-0.25, -0.2) is 9.18 Å². The van der Waals surface area contributed by atoms with Gasteiger partial charge in [-0.05, 0) is 24.5 Å². The molecule has 2 nitrogen and oxygen atoms in total. The Labute approximate surface area is 88.1 Å². The number of rotatable bonds is 1. The standard InChI is InChI=1S/C12H13FO2/c1-8-4-3-5-10-9(8)6-7-12(10,13)11(14)15-2/h3-5H,6-7H2,1-2H3. The highest BCUT2D eigenvalue weighted by Crippen LogP contribution is 2.42. The molecule has 1 atom stereocenters. The normalized spacial score (nSPS) is 23.7. The molecule has 0 saturated carbocycles. The number of halogens is 1. The Hall–Kier alpha value is -1.38. The maximum atomic E-state index is 14.4. The molecule has 0 heterocycles. The van der Waals surface area contributed by atoms with Gasteiger partial charge >= 0.3 is 5.97 Å². The molecule has 0 amide bonds. The lowest BCUT2D eigenvalue weighted by Gasteiger charge is -2.17. The number of methoxy groups -OCH3 is 1. The number of benzene rings is 1. The number of carbonyl (C=O) groups is 1. The monoisotopic (exact) mass is 208 g/mol. The second kappa shape index (κ2) is 3.33. The molecule has 0 aromatic heterocycles. The molecule has 1 aliphatic carbocycles. The smallest absolute Gasteiger partial charge is 0.348 e. The average Bonchev–Trinajstić information content (AvgIpc) is 2.59. The van der Waals surface area contributed by atoms with E-state index in [-0.39, 0.29) is 6.42 Å². The zero-order valence-corrected chi connectivity index (χ0v) is 8.84. The van der Waals surface area contributed by atoms with Gasteiger partial charge in [0.15, 0.2) is 0 Å². The lowest BCUT2D eigenvalue weighted by atomic mass is 9.96. The van der Waals surface area contributed by atoms with Crippen LogP contribution >= 0.6 is 0 Å². The van der Waals surface area contributed by atoms with E-state index in [1.54, 1.807) is 12.1 Å². The topological polar surface area (TPSA) is 26.3 Å². The van der Waals surface area contributed by atoms with Crippen LogP contribution in [0.2, 0.25) is 0 Å². The largest absolute Gasteiger partial charge is 0.466 e. The van der Waals surface area contributed by atoms with E-state index in [0.717, 1.165) is 11.1 Å². The lowest BCUT2D eigenvalue weighted by molar-refractivity contribution is -0.155. The summed E-state index contributed by atoms with van der Waals surface area (Å²) in [6, 6.07) is 5.38. The predicted octanol–water partition coefficient (Wildman–Crippen LogP) is 2.28. The fourth-order valence-corrected chi connectivity index (χ4v) is 2.21. The summed E-state index contributed by atoms with van der Waals surface area (Å²) in [6.07, 6.45) is 0.799. The first kappa shape index (κ1) is 10.1. The number of carbonyl (C=O) groups excluding carboxylic acids is 1. The van der Waals surface area contributed by atoms with Crippen LogP contribution in [0, 0.1) is 6.92 Å². The number of hydrogen-bond acceptors (Lipinski definition) is 2. The molecule has 1 aromatic rings. The molecule has 80 valence electrons. The Kier molecular flexibility index (Phi) is 2.25. The summed E-state index contributed by atoms with van der Waals surface area (Å²) in [5.41, 5.74) is 0.534. The van der Waals surface area contributed by atoms with Gasteiger partial charge in [-0.2, -0.15) is 0 Å². The minimum atomic E-state index is -1.93. The van der Waals surface area contributed by atoms with E-state index in [1.165, 1.54) is 7.11 Å². The van der Waals surface area contributed by atoms with Crippen LogP contribution in [0.3, 0.4) is 0 Å². The van der Waals surface area contributed by atoms with Gasteiger partial charge in [-0.3, -0.25) is 0 Å². The van der Waals surface area contributed by atoms with Crippen molar-refractivity contribution in [3.05, 3.63) is 34.9 Å². The maximum absolute atomic E-state index is 14.4. The van der Waals surface area contributed by atoms with Crippen molar-refractivity contribution in [2.75, 3.05) is 7.11 Å². The van der Waals surface area contributed by atoms with Crippen molar-refractivity contribution < 1.29 is 13.9 Å². The Morgan fingerprint density at radius 1 is 1.53 bits per heavy atom. The van der Waals surface area contributed by atoms with Crippen LogP contribution in [-0.4, -0.2) is 13.1 Å². The van der Waals surface area contributed by atoms with Crippen LogP contribution < -0.4 is 0 Å². The van der Waals surface area contributed by atoms with Crippen molar-refractivity contribution in [3.63, 3.8) is 0 Å². The Balaban J connectivity index is 2.53. The average molecular weight is 208 g/mol. The van der Waals surface area contributed by atoms with Gasteiger partial charge in [0.2, 0.25) is 5.67 Å². The van der Waals surface area contributed by atoms with Crippen LogP contribution in [0.1, 0.15) is 23.1 Å². The molecule has 0 radical (unpaired) electrons. The molecular weight excluding hydrogens is 195 g/mol. The molecule has 3 heteroatoms. The highest BCUT2D eigenvalue weighted by Gasteiger charge is 2.47. The zero-order chi connectivity index (χ0) is 11.1. The number of alkyl halides is 1. The van der Waals surface area contributed by atoms with Crippen molar-refractivity contribution in [2.45, 2.75) is 25.4 Å². The second-order valence-corrected chi connectivity index (χ2v) is 3.89. The highest BCUT2D eigenvalue weighted by molar-refractivity contribution is 5.83. The van der Waals surface area contributed by atoms with Crippen molar-refractivity contribution in [2.24, 2.45) is 0 Å². The van der Waals surface area contributed by atoms with Gasteiger partial charge in [0.05, 0.1) is 7.11 Å². The van der Waals surface area contributed by atoms with Crippen LogP contribution in [0.5, 0.6) is 0 Å². The molecule has 0 N–H and O–H groups in total. The number of hydrogen-bond donors (Lipinski definition) is 0. The molecule has 0 bridgehead atoms. The van der Waals surface area contributed by atoms with E-state index in [1.807, 2.05) is 13.0 Å². The summed E-state index contributed by atoms with van der Waals surface area (Å²) in [7, 11) is 1.22. The fourth-order valence-electron chi connectivity index (χ4n) is 2.21. The van der Waals surface area contributed by atoms with E-state index in [9.17, 15) is 9.18 Å².